The molecule has 1 aliphatic carbocycles. The Labute approximate surface area is 65.5 Å². The minimum atomic E-state index is 1.16. The molecule has 0 aromatic carbocycles. The van der Waals surface area contributed by atoms with Gasteiger partial charge in [-0.15, -0.1) is 0 Å². The molecule has 0 fully saturated rings. The van der Waals surface area contributed by atoms with E-state index in [0.717, 1.165) is 5.33 Å². The largest absolute Gasteiger partial charge is 0.0928 e. The number of halogens is 1. The molecule has 0 saturated carbocycles. The number of hydrogen-bond acceptors (Lipinski definition) is 0. The van der Waals surface area contributed by atoms with Crippen molar-refractivity contribution in [3.05, 3.63) is 11.6 Å². The average Bonchev–Trinajstić information content (AvgIpc) is 2.34. The standard InChI is InChI=1S/C8H13Br/c9-7-3-6-8-4-1-2-5-8/h4H,1-3,5-7H2. The van der Waals surface area contributed by atoms with Crippen molar-refractivity contribution < 1.29 is 0 Å². The van der Waals surface area contributed by atoms with E-state index in [-0.39, 0.29) is 0 Å². The summed E-state index contributed by atoms with van der Waals surface area (Å²) in [4.78, 5) is 0. The lowest BCUT2D eigenvalue weighted by Gasteiger charge is -1.96. The van der Waals surface area contributed by atoms with Crippen molar-refractivity contribution in [1.29, 1.82) is 0 Å². The Bertz CT molecular complexity index is 105. The molecule has 0 radical (unpaired) electrons. The second-order valence-electron chi connectivity index (χ2n) is 2.55. The van der Waals surface area contributed by atoms with Crippen LogP contribution in [0.15, 0.2) is 11.6 Å². The summed E-state index contributed by atoms with van der Waals surface area (Å²) in [6.45, 7) is 0. The van der Waals surface area contributed by atoms with Crippen molar-refractivity contribution in [3.8, 4) is 0 Å². The van der Waals surface area contributed by atoms with Crippen LogP contribution in [0.4, 0.5) is 0 Å². The fourth-order valence-electron chi connectivity index (χ4n) is 1.26. The molecule has 1 aliphatic rings. The van der Waals surface area contributed by atoms with E-state index in [1.54, 1.807) is 5.57 Å². The summed E-state index contributed by atoms with van der Waals surface area (Å²) in [6, 6.07) is 0. The molecular weight excluding hydrogens is 176 g/mol. The first-order valence-corrected chi connectivity index (χ1v) is 4.79. The number of rotatable bonds is 3. The van der Waals surface area contributed by atoms with Crippen LogP contribution in [0.2, 0.25) is 0 Å². The van der Waals surface area contributed by atoms with Crippen molar-refractivity contribution in [2.24, 2.45) is 0 Å². The van der Waals surface area contributed by atoms with Crippen molar-refractivity contribution in [2.45, 2.75) is 32.1 Å². The Kier molecular flexibility index (Phi) is 3.34. The lowest BCUT2D eigenvalue weighted by Crippen LogP contribution is -1.79. The molecular formula is C8H13Br. The molecule has 0 aliphatic heterocycles. The molecule has 1 heteroatoms. The Morgan fingerprint density at radius 2 is 2.44 bits per heavy atom. The molecule has 0 bridgehead atoms. The van der Waals surface area contributed by atoms with Gasteiger partial charge in [0.2, 0.25) is 0 Å². The fourth-order valence-corrected chi connectivity index (χ4v) is 1.54. The van der Waals surface area contributed by atoms with Gasteiger partial charge in [-0.05, 0) is 32.1 Å². The Morgan fingerprint density at radius 1 is 1.56 bits per heavy atom. The monoisotopic (exact) mass is 188 g/mol. The van der Waals surface area contributed by atoms with Crippen LogP contribution in [0.5, 0.6) is 0 Å². The molecule has 0 saturated heterocycles. The second-order valence-corrected chi connectivity index (χ2v) is 3.34. The van der Waals surface area contributed by atoms with Crippen LogP contribution in [-0.4, -0.2) is 5.33 Å². The molecule has 0 unspecified atom stereocenters. The van der Waals surface area contributed by atoms with Crippen LogP contribution >= 0.6 is 15.9 Å². The molecule has 0 aromatic heterocycles. The van der Waals surface area contributed by atoms with Crippen molar-refractivity contribution in [2.75, 3.05) is 5.33 Å². The van der Waals surface area contributed by atoms with E-state index in [9.17, 15) is 0 Å². The number of allylic oxidation sites excluding steroid dienone is 2. The third kappa shape index (κ3) is 2.53. The Balaban J connectivity index is 2.11. The van der Waals surface area contributed by atoms with Crippen molar-refractivity contribution in [3.63, 3.8) is 0 Å². The van der Waals surface area contributed by atoms with Crippen LogP contribution in [0.1, 0.15) is 32.1 Å². The van der Waals surface area contributed by atoms with Gasteiger partial charge in [0.15, 0.2) is 0 Å². The lowest BCUT2D eigenvalue weighted by atomic mass is 10.1. The summed E-state index contributed by atoms with van der Waals surface area (Å²) < 4.78 is 0. The van der Waals surface area contributed by atoms with E-state index < -0.39 is 0 Å². The molecule has 1 rings (SSSR count). The zero-order valence-electron chi connectivity index (χ0n) is 5.70. The molecule has 0 heterocycles. The summed E-state index contributed by atoms with van der Waals surface area (Å²) >= 11 is 3.43. The third-order valence-corrected chi connectivity index (χ3v) is 2.33. The number of hydrogen-bond donors (Lipinski definition) is 0. The van der Waals surface area contributed by atoms with Crippen molar-refractivity contribution in [1.82, 2.24) is 0 Å². The Hall–Kier alpha value is 0.220. The first-order valence-electron chi connectivity index (χ1n) is 3.67. The molecule has 0 spiro atoms. The quantitative estimate of drug-likeness (QED) is 0.472. The highest BCUT2D eigenvalue weighted by atomic mass is 79.9. The van der Waals surface area contributed by atoms with E-state index in [1.807, 2.05) is 0 Å². The second kappa shape index (κ2) is 4.10. The van der Waals surface area contributed by atoms with E-state index in [0.29, 0.717) is 0 Å². The smallest absolute Gasteiger partial charge is 0.00343 e. The van der Waals surface area contributed by atoms with Crippen LogP contribution < -0.4 is 0 Å². The van der Waals surface area contributed by atoms with Crippen molar-refractivity contribution >= 4 is 15.9 Å². The summed E-state index contributed by atoms with van der Waals surface area (Å²) in [5.41, 5.74) is 1.69. The molecule has 0 nitrogen and oxygen atoms in total. The maximum atomic E-state index is 3.43. The van der Waals surface area contributed by atoms with E-state index in [4.69, 9.17) is 0 Å². The summed E-state index contributed by atoms with van der Waals surface area (Å²) in [5, 5.41) is 1.16. The lowest BCUT2D eigenvalue weighted by molar-refractivity contribution is 0.837. The maximum Gasteiger partial charge on any atom is 0.00343 e. The molecule has 0 atom stereocenters. The molecule has 52 valence electrons. The maximum absolute atomic E-state index is 3.43. The van der Waals surface area contributed by atoms with E-state index >= 15 is 0 Å². The highest BCUT2D eigenvalue weighted by Gasteiger charge is 2.02. The SMILES string of the molecule is BrCCCC1=CCCC1. The van der Waals surface area contributed by atoms with E-state index in [1.165, 1.54) is 32.1 Å². The normalized spacial score (nSPS) is 18.1. The van der Waals surface area contributed by atoms with Crippen LogP contribution in [-0.2, 0) is 0 Å². The average molecular weight is 189 g/mol. The van der Waals surface area contributed by atoms with Gasteiger partial charge < -0.3 is 0 Å². The highest BCUT2D eigenvalue weighted by molar-refractivity contribution is 9.09. The summed E-state index contributed by atoms with van der Waals surface area (Å²) in [6.07, 6.45) is 9.14. The van der Waals surface area contributed by atoms with Gasteiger partial charge in [0.1, 0.15) is 0 Å². The predicted molar refractivity (Wildman–Crippen MR) is 45.0 cm³/mol. The van der Waals surface area contributed by atoms with Crippen LogP contribution in [0.3, 0.4) is 0 Å². The molecule has 0 amide bonds. The highest BCUT2D eigenvalue weighted by Crippen LogP contribution is 2.21. The molecule has 0 aromatic rings. The van der Waals surface area contributed by atoms with Gasteiger partial charge in [-0.1, -0.05) is 27.6 Å². The van der Waals surface area contributed by atoms with Gasteiger partial charge in [-0.3, -0.25) is 0 Å². The number of alkyl halides is 1. The van der Waals surface area contributed by atoms with Gasteiger partial charge in [0, 0.05) is 5.33 Å². The zero-order chi connectivity index (χ0) is 6.53. The van der Waals surface area contributed by atoms with E-state index in [2.05, 4.69) is 22.0 Å². The zero-order valence-corrected chi connectivity index (χ0v) is 7.28. The molecule has 9 heavy (non-hydrogen) atoms. The first kappa shape index (κ1) is 7.33. The van der Waals surface area contributed by atoms with Gasteiger partial charge in [0.25, 0.3) is 0 Å². The first-order chi connectivity index (χ1) is 4.43. The van der Waals surface area contributed by atoms with Gasteiger partial charge in [0.05, 0.1) is 0 Å². The third-order valence-electron chi connectivity index (χ3n) is 1.77. The molecule has 0 N–H and O–H groups in total. The van der Waals surface area contributed by atoms with Crippen LogP contribution in [0.25, 0.3) is 0 Å². The predicted octanol–water partition coefficient (Wildman–Crippen LogP) is 3.27. The topological polar surface area (TPSA) is 0 Å². The Morgan fingerprint density at radius 3 is 3.00 bits per heavy atom. The van der Waals surface area contributed by atoms with Crippen LogP contribution in [0, 0.1) is 0 Å². The van der Waals surface area contributed by atoms with Gasteiger partial charge in [-0.2, -0.15) is 0 Å². The van der Waals surface area contributed by atoms with Gasteiger partial charge in [-0.25, -0.2) is 0 Å². The van der Waals surface area contributed by atoms with Gasteiger partial charge >= 0.3 is 0 Å². The minimum absolute atomic E-state index is 1.16. The fraction of sp³-hybridized carbons (Fsp3) is 0.750. The summed E-state index contributed by atoms with van der Waals surface area (Å²) in [7, 11) is 0. The summed E-state index contributed by atoms with van der Waals surface area (Å²) in [5.74, 6) is 0. The minimum Gasteiger partial charge on any atom is -0.0928 e.